The molecule has 0 radical (unpaired) electrons. The van der Waals surface area contributed by atoms with E-state index in [1.165, 1.54) is 18.2 Å². The van der Waals surface area contributed by atoms with Crippen LogP contribution in [0.15, 0.2) is 236 Å². The Morgan fingerprint density at radius 1 is 0.533 bits per heavy atom. The average Bonchev–Trinajstić information content (AvgIpc) is 1.57. The van der Waals surface area contributed by atoms with Crippen LogP contribution in [0.5, 0.6) is 11.5 Å². The number of ether oxygens (including phenoxy) is 1. The van der Waals surface area contributed by atoms with Crippen LogP contribution in [0.3, 0.4) is 0 Å². The van der Waals surface area contributed by atoms with Crippen molar-refractivity contribution in [1.82, 2.24) is 14.1 Å². The van der Waals surface area contributed by atoms with Gasteiger partial charge in [-0.25, -0.2) is 4.98 Å². The fourth-order valence-corrected chi connectivity index (χ4v) is 13.5. The molecule has 92 heavy (non-hydrogen) atoms. The molecule has 3 aromatic heterocycles. The minimum atomic E-state index is -2.89. The maximum atomic E-state index is 10.5. The Morgan fingerprint density at radius 3 is 1.79 bits per heavy atom. The number of hydrogen-bond acceptors (Lipinski definition) is 2. The summed E-state index contributed by atoms with van der Waals surface area (Å²) in [6.45, 7) is 9.50. The fourth-order valence-electron chi connectivity index (χ4n) is 13.5. The first kappa shape index (κ1) is 40.9. The SMILES string of the molecule is [2H]c1c([2H])c([2H])c(-c2c([2H])c(-c3cc4c5c(c3)n(-c3[c-]c(Oc6[c-]c7c(cc6)c6ccccc6n7-c6cc(C(C)(C)C)ccn6)ccc3)[c-][n+]5-c3c(cccc3-c3c(C([2H])([2H])[2H])cccc3C([2H])([2H])[2H])-c3cc5c(cc3-c3ccccc3-4)C(C)(C)CCC5(C)C)c([2H])c(-c3c([2H])c([2H])c([2H])c([2H])c3[2H])c2[2H])c([2H])c1[2H].[Pt]. The van der Waals surface area contributed by atoms with E-state index in [0.29, 0.717) is 56.1 Å². The molecule has 0 atom stereocenters. The number of nitrogens with zero attached hydrogens (tertiary/aromatic N) is 4. The molecular formula is C86H70N4OPt-2. The predicted molar refractivity (Wildman–Crippen MR) is 375 cm³/mol. The van der Waals surface area contributed by atoms with E-state index in [1.807, 2.05) is 72.8 Å². The molecule has 14 aromatic rings. The number of hydrogen-bond donors (Lipinski definition) is 0. The average molecular weight is 1390 g/mol. The normalized spacial score (nSPS) is 16.9. The monoisotopic (exact) mass is 1390 g/mol. The van der Waals surface area contributed by atoms with Gasteiger partial charge in [0.25, 0.3) is 6.33 Å². The van der Waals surface area contributed by atoms with Crippen molar-refractivity contribution in [3.05, 3.63) is 283 Å². The van der Waals surface area contributed by atoms with Crippen LogP contribution in [0, 0.1) is 32.2 Å². The van der Waals surface area contributed by atoms with Crippen LogP contribution in [0.2, 0.25) is 0 Å². The third-order valence-electron chi connectivity index (χ3n) is 18.3. The van der Waals surface area contributed by atoms with Gasteiger partial charge in [-0.3, -0.25) is 4.57 Å². The molecule has 16 rings (SSSR count). The maximum Gasteiger partial charge on any atom is 0.268 e. The minimum absolute atomic E-state index is 0. The van der Waals surface area contributed by atoms with Crippen molar-refractivity contribution in [2.45, 2.75) is 91.3 Å². The third kappa shape index (κ3) is 9.87. The first-order valence-electron chi connectivity index (χ1n) is 39.9. The van der Waals surface area contributed by atoms with E-state index >= 15 is 0 Å². The van der Waals surface area contributed by atoms with Crippen molar-refractivity contribution in [3.63, 3.8) is 0 Å². The van der Waals surface area contributed by atoms with E-state index in [1.54, 1.807) is 57.8 Å². The van der Waals surface area contributed by atoms with Gasteiger partial charge < -0.3 is 13.9 Å². The van der Waals surface area contributed by atoms with E-state index in [9.17, 15) is 17.8 Å². The Morgan fingerprint density at radius 2 is 1.12 bits per heavy atom. The van der Waals surface area contributed by atoms with Crippen LogP contribution in [0.4, 0.5) is 0 Å². The molecule has 0 N–H and O–H groups in total. The minimum Gasteiger partial charge on any atom is -0.510 e. The van der Waals surface area contributed by atoms with Gasteiger partial charge in [0.2, 0.25) is 0 Å². The summed E-state index contributed by atoms with van der Waals surface area (Å²) in [5.41, 5.74) is 5.46. The second kappa shape index (κ2) is 22.3. The van der Waals surface area contributed by atoms with Crippen LogP contribution in [-0.4, -0.2) is 14.1 Å². The molecule has 0 fully saturated rings. The zero-order valence-electron chi connectivity index (χ0n) is 70.4. The number of rotatable bonds is 8. The standard InChI is InChI=1S/C86H70N4O.Pt/c1-54-23-20-24-55(2)81(54)71-35-22-34-70-73-52-76-75(85(6,7)40-41-86(76,8)9)51-72(73)66-31-16-17-32-67(66)74-46-61(60-44-58(56-25-12-10-13-26-56)43-59(45-60)57-27-14-11-15-28-57)47-79-83(74)89(82(70)71)53-88(79)63-29-21-30-64(49-63)91-65-37-38-69-68-33-18-19-36-77(68)90(78(69)50-65)80-48-62(39-42-87-80)84(3,4)5;/h10-39,42-48,51-52H,40-41H2,1-9H3;/q-2;/i1D3,2D3,10D,11D,12D,13D,14D,15D,25D,26D,27D,28D,43D,44D,45D;. The van der Waals surface area contributed by atoms with E-state index in [0.717, 1.165) is 51.4 Å². The van der Waals surface area contributed by atoms with Gasteiger partial charge >= 0.3 is 0 Å². The zero-order valence-corrected chi connectivity index (χ0v) is 53.7. The summed E-state index contributed by atoms with van der Waals surface area (Å²) in [5.74, 6) is 1.17. The van der Waals surface area contributed by atoms with Crippen LogP contribution < -0.4 is 9.30 Å². The Balaban J connectivity index is 0.00000977. The summed E-state index contributed by atoms with van der Waals surface area (Å²) >= 11 is 0. The number of aromatic nitrogens is 4. The molecule has 2 aliphatic rings. The van der Waals surface area contributed by atoms with Gasteiger partial charge in [0.05, 0.1) is 34.5 Å². The summed E-state index contributed by atoms with van der Waals surface area (Å²) in [6.07, 6.45) is 7.18. The quantitative estimate of drug-likeness (QED) is 0.112. The number of aryl methyl sites for hydroxylation is 2. The van der Waals surface area contributed by atoms with Gasteiger partial charge in [0.15, 0.2) is 0 Å². The van der Waals surface area contributed by atoms with Crippen LogP contribution in [0.1, 0.15) is 115 Å². The predicted octanol–water partition coefficient (Wildman–Crippen LogP) is 21.8. The Kier molecular flexibility index (Phi) is 9.93. The van der Waals surface area contributed by atoms with E-state index in [-0.39, 0.29) is 87.6 Å². The first-order valence-corrected chi connectivity index (χ1v) is 30.4. The molecule has 452 valence electrons. The number of para-hydroxylation sites is 2. The van der Waals surface area contributed by atoms with Crippen LogP contribution in [0.25, 0.3) is 128 Å². The summed E-state index contributed by atoms with van der Waals surface area (Å²) in [7, 11) is 0. The summed E-state index contributed by atoms with van der Waals surface area (Å²) in [6, 6.07) is 43.0. The van der Waals surface area contributed by atoms with Crippen molar-refractivity contribution < 1.29 is 56.4 Å². The van der Waals surface area contributed by atoms with Gasteiger partial charge in [-0.05, 0) is 208 Å². The molecule has 1 aliphatic heterocycles. The molecule has 0 unspecified atom stereocenters. The van der Waals surface area contributed by atoms with Gasteiger partial charge in [-0.15, -0.1) is 29.7 Å². The summed E-state index contributed by atoms with van der Waals surface area (Å²) in [4.78, 5) is 4.88. The smallest absolute Gasteiger partial charge is 0.268 e. The fraction of sp³-hybridized carbons (Fsp3) is 0.163. The van der Waals surface area contributed by atoms with Crippen molar-refractivity contribution in [1.29, 1.82) is 0 Å². The van der Waals surface area contributed by atoms with Gasteiger partial charge in [-0.1, -0.05) is 205 Å². The summed E-state index contributed by atoms with van der Waals surface area (Å²) < 4.78 is 189. The molecule has 5 nitrogen and oxygen atoms in total. The number of pyridine rings is 1. The van der Waals surface area contributed by atoms with E-state index in [4.69, 9.17) is 17.9 Å². The van der Waals surface area contributed by atoms with Crippen molar-refractivity contribution in [2.75, 3.05) is 0 Å². The number of benzene rings is 11. The molecular weight excluding hydrogens is 1300 g/mol. The zero-order chi connectivity index (χ0) is 78.4. The van der Waals surface area contributed by atoms with E-state index in [2.05, 4.69) is 89.7 Å². The third-order valence-corrected chi connectivity index (χ3v) is 18.3. The van der Waals surface area contributed by atoms with Crippen molar-refractivity contribution in [2.24, 2.45) is 0 Å². The van der Waals surface area contributed by atoms with Crippen molar-refractivity contribution >= 4 is 32.8 Å². The molecule has 0 bridgehead atoms. The second-order valence-corrected chi connectivity index (χ2v) is 25.9. The molecule has 0 saturated heterocycles. The van der Waals surface area contributed by atoms with Gasteiger partial charge in [0, 0.05) is 52.5 Å². The Labute approximate surface area is 581 Å². The number of imidazole rings is 1. The second-order valence-electron chi connectivity index (χ2n) is 25.9. The maximum absolute atomic E-state index is 10.5. The Hall–Kier alpha value is -9.67. The summed E-state index contributed by atoms with van der Waals surface area (Å²) in [5, 5.41) is 1.85. The van der Waals surface area contributed by atoms with Crippen LogP contribution in [-0.2, 0) is 37.3 Å². The van der Waals surface area contributed by atoms with Gasteiger partial charge in [-0.2, -0.15) is 18.2 Å². The van der Waals surface area contributed by atoms with E-state index < -0.39 is 115 Å². The Bertz CT molecular complexity index is 6150. The largest absolute Gasteiger partial charge is 0.510 e. The molecule has 1 aliphatic carbocycles. The topological polar surface area (TPSA) is 35.9 Å². The molecule has 11 aromatic carbocycles. The molecule has 4 heterocycles. The first-order chi connectivity index (χ1) is 51.9. The van der Waals surface area contributed by atoms with Crippen molar-refractivity contribution in [3.8, 4) is 107 Å². The van der Waals surface area contributed by atoms with Gasteiger partial charge in [0.1, 0.15) is 5.82 Å². The number of fused-ring (bicyclic) bond motifs is 11. The molecule has 0 amide bonds. The molecule has 6 heteroatoms. The molecule has 0 saturated carbocycles. The van der Waals surface area contributed by atoms with Crippen LogP contribution >= 0.6 is 0 Å². The molecule has 0 spiro atoms.